The molecule has 1 N–H and O–H groups in total. The summed E-state index contributed by atoms with van der Waals surface area (Å²) in [6.07, 6.45) is 3.16. The molecule has 0 aliphatic carbocycles. The maximum absolute atomic E-state index is 9.93. The maximum Gasteiger partial charge on any atom is 0.0900 e. The van der Waals surface area contributed by atoms with Gasteiger partial charge in [0.05, 0.1) is 12.7 Å². The summed E-state index contributed by atoms with van der Waals surface area (Å²) in [5.74, 6) is 0.755. The minimum absolute atomic E-state index is 0.333. The van der Waals surface area contributed by atoms with E-state index in [9.17, 15) is 5.11 Å². The number of unbranched alkanes of at least 4 members (excludes halogenated alkanes) is 1. The molecule has 0 aromatic carbocycles. The van der Waals surface area contributed by atoms with Crippen molar-refractivity contribution >= 4 is 0 Å². The Kier molecular flexibility index (Phi) is 6.61. The molecule has 18 heavy (non-hydrogen) atoms. The Balaban J connectivity index is 2.16. The number of likely N-dealkylation sites (tertiary alicyclic amines) is 1. The molecule has 0 saturated carbocycles. The molecule has 1 saturated heterocycles. The van der Waals surface area contributed by atoms with Gasteiger partial charge in [-0.3, -0.25) is 0 Å². The van der Waals surface area contributed by atoms with Crippen LogP contribution >= 0.6 is 0 Å². The summed E-state index contributed by atoms with van der Waals surface area (Å²) in [4.78, 5) is 2.38. The van der Waals surface area contributed by atoms with Gasteiger partial charge in [-0.15, -0.1) is 0 Å². The quantitative estimate of drug-likeness (QED) is 0.711. The van der Waals surface area contributed by atoms with E-state index in [0.717, 1.165) is 45.0 Å². The zero-order chi connectivity index (χ0) is 13.6. The molecule has 0 aromatic rings. The van der Waals surface area contributed by atoms with Crippen LogP contribution in [0.5, 0.6) is 0 Å². The van der Waals surface area contributed by atoms with Crippen molar-refractivity contribution in [3.8, 4) is 0 Å². The smallest absolute Gasteiger partial charge is 0.0900 e. The lowest BCUT2D eigenvalue weighted by Gasteiger charge is -2.27. The number of aliphatic hydroxyl groups excluding tert-OH is 1. The number of β-amino-alcohol motifs (C(OH)–C–C–N with tert-alkyl or cyclic N) is 1. The van der Waals surface area contributed by atoms with E-state index in [1.807, 2.05) is 0 Å². The van der Waals surface area contributed by atoms with Crippen molar-refractivity contribution < 1.29 is 9.84 Å². The standard InChI is InChI=1S/C15H31NO2/c1-5-6-9-18-12-14(17)11-16-8-7-13(10-16)15(2,3)4/h13-14,17H,5-12H2,1-4H3. The number of rotatable bonds is 7. The number of aliphatic hydroxyl groups is 1. The molecule has 2 unspecified atom stereocenters. The van der Waals surface area contributed by atoms with Crippen molar-refractivity contribution in [2.75, 3.05) is 32.8 Å². The number of nitrogens with zero attached hydrogens (tertiary/aromatic N) is 1. The van der Waals surface area contributed by atoms with Gasteiger partial charge in [-0.1, -0.05) is 34.1 Å². The predicted octanol–water partition coefficient (Wildman–Crippen LogP) is 2.53. The van der Waals surface area contributed by atoms with Crippen molar-refractivity contribution in [2.24, 2.45) is 11.3 Å². The second kappa shape index (κ2) is 7.46. The summed E-state index contributed by atoms with van der Waals surface area (Å²) in [7, 11) is 0. The first-order valence-corrected chi connectivity index (χ1v) is 7.41. The molecular weight excluding hydrogens is 226 g/mol. The van der Waals surface area contributed by atoms with Crippen LogP contribution in [-0.2, 0) is 4.74 Å². The number of hydrogen-bond donors (Lipinski definition) is 1. The third-order valence-corrected chi connectivity index (χ3v) is 3.92. The molecule has 108 valence electrons. The first kappa shape index (κ1) is 15.9. The Morgan fingerprint density at radius 2 is 2.11 bits per heavy atom. The highest BCUT2D eigenvalue weighted by Gasteiger charge is 2.32. The molecule has 0 bridgehead atoms. The topological polar surface area (TPSA) is 32.7 Å². The van der Waals surface area contributed by atoms with Gasteiger partial charge in [0.2, 0.25) is 0 Å². The second-order valence-electron chi connectivity index (χ2n) is 6.69. The average molecular weight is 257 g/mol. The van der Waals surface area contributed by atoms with E-state index in [0.29, 0.717) is 12.0 Å². The van der Waals surface area contributed by atoms with Crippen LogP contribution in [0.2, 0.25) is 0 Å². The minimum atomic E-state index is -0.333. The van der Waals surface area contributed by atoms with Crippen LogP contribution in [0.25, 0.3) is 0 Å². The zero-order valence-corrected chi connectivity index (χ0v) is 12.6. The predicted molar refractivity (Wildman–Crippen MR) is 75.7 cm³/mol. The van der Waals surface area contributed by atoms with Gasteiger partial charge >= 0.3 is 0 Å². The zero-order valence-electron chi connectivity index (χ0n) is 12.6. The van der Waals surface area contributed by atoms with Crippen LogP contribution in [0.1, 0.15) is 47.0 Å². The van der Waals surface area contributed by atoms with Gasteiger partial charge in [0, 0.05) is 19.7 Å². The molecule has 1 aliphatic rings. The van der Waals surface area contributed by atoms with E-state index in [1.165, 1.54) is 6.42 Å². The summed E-state index contributed by atoms with van der Waals surface area (Å²) in [5, 5.41) is 9.93. The molecule has 0 aromatic heterocycles. The summed E-state index contributed by atoms with van der Waals surface area (Å²) in [6.45, 7) is 13.3. The minimum Gasteiger partial charge on any atom is -0.389 e. The third-order valence-electron chi connectivity index (χ3n) is 3.92. The molecule has 1 heterocycles. The van der Waals surface area contributed by atoms with Crippen molar-refractivity contribution in [2.45, 2.75) is 53.1 Å². The maximum atomic E-state index is 9.93. The molecule has 3 nitrogen and oxygen atoms in total. The normalized spacial score (nSPS) is 23.5. The van der Waals surface area contributed by atoms with Gasteiger partial charge in [-0.25, -0.2) is 0 Å². The van der Waals surface area contributed by atoms with Gasteiger partial charge in [-0.2, -0.15) is 0 Å². The van der Waals surface area contributed by atoms with E-state index in [-0.39, 0.29) is 6.10 Å². The highest BCUT2D eigenvalue weighted by atomic mass is 16.5. The van der Waals surface area contributed by atoms with Gasteiger partial charge in [0.15, 0.2) is 0 Å². The number of hydrogen-bond acceptors (Lipinski definition) is 3. The Bertz CT molecular complexity index is 225. The molecule has 2 atom stereocenters. The fraction of sp³-hybridized carbons (Fsp3) is 1.00. The molecule has 1 fully saturated rings. The second-order valence-corrected chi connectivity index (χ2v) is 6.69. The fourth-order valence-corrected chi connectivity index (χ4v) is 2.52. The SMILES string of the molecule is CCCCOCC(O)CN1CCC(C(C)(C)C)C1. The van der Waals surface area contributed by atoms with E-state index in [2.05, 4.69) is 32.6 Å². The lowest BCUT2D eigenvalue weighted by atomic mass is 9.80. The van der Waals surface area contributed by atoms with Gasteiger partial charge in [0.1, 0.15) is 0 Å². The average Bonchev–Trinajstić information content (AvgIpc) is 2.72. The van der Waals surface area contributed by atoms with Gasteiger partial charge < -0.3 is 14.7 Å². The van der Waals surface area contributed by atoms with Crippen LogP contribution in [-0.4, -0.2) is 49.0 Å². The van der Waals surface area contributed by atoms with Crippen LogP contribution in [0.3, 0.4) is 0 Å². The summed E-state index contributed by atoms with van der Waals surface area (Å²) >= 11 is 0. The van der Waals surface area contributed by atoms with Crippen molar-refractivity contribution in [3.63, 3.8) is 0 Å². The highest BCUT2D eigenvalue weighted by molar-refractivity contribution is 4.84. The van der Waals surface area contributed by atoms with Gasteiger partial charge in [-0.05, 0) is 30.7 Å². The molecule has 0 spiro atoms. The first-order chi connectivity index (χ1) is 8.43. The van der Waals surface area contributed by atoms with Crippen molar-refractivity contribution in [1.82, 2.24) is 4.90 Å². The molecule has 0 radical (unpaired) electrons. The Morgan fingerprint density at radius 3 is 2.67 bits per heavy atom. The van der Waals surface area contributed by atoms with Crippen LogP contribution in [0.15, 0.2) is 0 Å². The highest BCUT2D eigenvalue weighted by Crippen LogP contribution is 2.33. The summed E-state index contributed by atoms with van der Waals surface area (Å²) < 4.78 is 5.46. The Labute approximate surface area is 113 Å². The fourth-order valence-electron chi connectivity index (χ4n) is 2.52. The molecule has 0 amide bonds. The van der Waals surface area contributed by atoms with Gasteiger partial charge in [0.25, 0.3) is 0 Å². The number of ether oxygens (including phenoxy) is 1. The lowest BCUT2D eigenvalue weighted by molar-refractivity contribution is 0.0182. The van der Waals surface area contributed by atoms with Crippen LogP contribution in [0, 0.1) is 11.3 Å². The largest absolute Gasteiger partial charge is 0.389 e. The van der Waals surface area contributed by atoms with Crippen LogP contribution in [0.4, 0.5) is 0 Å². The Hall–Kier alpha value is -0.120. The molecular formula is C15H31NO2. The lowest BCUT2D eigenvalue weighted by Crippen LogP contribution is -2.34. The first-order valence-electron chi connectivity index (χ1n) is 7.41. The van der Waals surface area contributed by atoms with Crippen LogP contribution < -0.4 is 0 Å². The third kappa shape index (κ3) is 5.68. The molecule has 1 rings (SSSR count). The summed E-state index contributed by atoms with van der Waals surface area (Å²) in [6, 6.07) is 0. The van der Waals surface area contributed by atoms with E-state index in [4.69, 9.17) is 4.74 Å². The van der Waals surface area contributed by atoms with Crippen molar-refractivity contribution in [1.29, 1.82) is 0 Å². The monoisotopic (exact) mass is 257 g/mol. The molecule has 3 heteroatoms. The molecule has 1 aliphatic heterocycles. The van der Waals surface area contributed by atoms with E-state index >= 15 is 0 Å². The van der Waals surface area contributed by atoms with Crippen molar-refractivity contribution in [3.05, 3.63) is 0 Å². The van der Waals surface area contributed by atoms with E-state index < -0.39 is 0 Å². The summed E-state index contributed by atoms with van der Waals surface area (Å²) in [5.41, 5.74) is 0.386. The van der Waals surface area contributed by atoms with E-state index in [1.54, 1.807) is 0 Å². The Morgan fingerprint density at radius 1 is 1.39 bits per heavy atom.